The van der Waals surface area contributed by atoms with Crippen molar-refractivity contribution in [2.24, 2.45) is 0 Å². The van der Waals surface area contributed by atoms with E-state index in [2.05, 4.69) is 24.1 Å². The third-order valence-corrected chi connectivity index (χ3v) is 3.01. The number of rotatable bonds is 4. The molecule has 5 nitrogen and oxygen atoms in total. The van der Waals surface area contributed by atoms with E-state index in [0.717, 1.165) is 17.5 Å². The molecule has 0 saturated carbocycles. The van der Waals surface area contributed by atoms with E-state index < -0.39 is 0 Å². The van der Waals surface area contributed by atoms with Crippen molar-refractivity contribution in [1.29, 1.82) is 0 Å². The van der Waals surface area contributed by atoms with E-state index in [1.807, 2.05) is 0 Å². The second kappa shape index (κ2) is 5.00. The predicted octanol–water partition coefficient (Wildman–Crippen LogP) is 3.35. The lowest BCUT2D eigenvalue weighted by Crippen LogP contribution is -2.13. The number of fused-ring (bicyclic) bond motifs is 1. The molecule has 0 aliphatic rings. The van der Waals surface area contributed by atoms with Gasteiger partial charge in [0.2, 0.25) is 0 Å². The molecule has 0 radical (unpaired) electrons. The molecule has 0 saturated heterocycles. The van der Waals surface area contributed by atoms with Crippen LogP contribution >= 0.6 is 0 Å². The van der Waals surface area contributed by atoms with Crippen LogP contribution in [0.15, 0.2) is 30.6 Å². The van der Waals surface area contributed by atoms with E-state index in [1.54, 1.807) is 24.5 Å². The quantitative estimate of drug-likeness (QED) is 0.662. The summed E-state index contributed by atoms with van der Waals surface area (Å²) in [6.45, 7) is 4.16. The first-order chi connectivity index (χ1) is 8.63. The van der Waals surface area contributed by atoms with Gasteiger partial charge >= 0.3 is 0 Å². The Hall–Kier alpha value is -2.17. The van der Waals surface area contributed by atoms with Crippen molar-refractivity contribution in [2.75, 3.05) is 5.32 Å². The number of non-ortho nitro benzene ring substituents is 1. The van der Waals surface area contributed by atoms with Gasteiger partial charge in [0.1, 0.15) is 0 Å². The van der Waals surface area contributed by atoms with Gasteiger partial charge in [0.15, 0.2) is 0 Å². The smallest absolute Gasteiger partial charge is 0.277 e. The Morgan fingerprint density at radius 3 is 2.83 bits per heavy atom. The minimum absolute atomic E-state index is 0.113. The summed E-state index contributed by atoms with van der Waals surface area (Å²) in [6, 6.07) is 5.27. The topological polar surface area (TPSA) is 68.1 Å². The number of benzene rings is 1. The molecule has 0 aliphatic carbocycles. The van der Waals surface area contributed by atoms with Crippen LogP contribution in [0.3, 0.4) is 0 Å². The van der Waals surface area contributed by atoms with Gasteiger partial charge in [-0.25, -0.2) is 0 Å². The molecule has 1 unspecified atom stereocenters. The molecule has 18 heavy (non-hydrogen) atoms. The third-order valence-electron chi connectivity index (χ3n) is 3.01. The maximum atomic E-state index is 11.0. The number of nitro groups is 1. The Labute approximate surface area is 105 Å². The first-order valence-corrected chi connectivity index (χ1v) is 5.91. The van der Waals surface area contributed by atoms with E-state index in [0.29, 0.717) is 11.4 Å². The Morgan fingerprint density at radius 2 is 2.17 bits per heavy atom. The third kappa shape index (κ3) is 2.25. The maximum Gasteiger partial charge on any atom is 0.277 e. The lowest BCUT2D eigenvalue weighted by molar-refractivity contribution is -0.383. The first-order valence-electron chi connectivity index (χ1n) is 5.91. The number of nitrogens with one attached hydrogen (secondary N) is 1. The monoisotopic (exact) mass is 245 g/mol. The van der Waals surface area contributed by atoms with Crippen LogP contribution < -0.4 is 5.32 Å². The van der Waals surface area contributed by atoms with E-state index >= 15 is 0 Å². The second-order valence-corrected chi connectivity index (χ2v) is 4.26. The summed E-state index contributed by atoms with van der Waals surface area (Å²) >= 11 is 0. The van der Waals surface area contributed by atoms with Crippen LogP contribution in [-0.4, -0.2) is 15.9 Å². The van der Waals surface area contributed by atoms with Gasteiger partial charge in [-0.05, 0) is 25.5 Å². The molecule has 1 aromatic heterocycles. The number of hydrogen-bond acceptors (Lipinski definition) is 4. The number of aromatic nitrogens is 1. The fraction of sp³-hybridized carbons (Fsp3) is 0.308. The molecular weight excluding hydrogens is 230 g/mol. The molecule has 5 heteroatoms. The van der Waals surface area contributed by atoms with Crippen molar-refractivity contribution in [2.45, 2.75) is 26.3 Å². The van der Waals surface area contributed by atoms with Gasteiger partial charge in [-0.15, -0.1) is 0 Å². The van der Waals surface area contributed by atoms with Gasteiger partial charge in [0.05, 0.1) is 10.3 Å². The minimum Gasteiger partial charge on any atom is -0.382 e. The normalized spacial score (nSPS) is 12.3. The van der Waals surface area contributed by atoms with Crippen molar-refractivity contribution >= 4 is 22.1 Å². The largest absolute Gasteiger partial charge is 0.382 e. The van der Waals surface area contributed by atoms with E-state index in [9.17, 15) is 10.1 Å². The summed E-state index contributed by atoms with van der Waals surface area (Å²) in [4.78, 5) is 14.6. The molecule has 0 fully saturated rings. The van der Waals surface area contributed by atoms with Crippen molar-refractivity contribution in [3.05, 3.63) is 40.7 Å². The van der Waals surface area contributed by atoms with Crippen LogP contribution in [0, 0.1) is 10.1 Å². The summed E-state index contributed by atoms with van der Waals surface area (Å²) in [6.07, 6.45) is 4.22. The summed E-state index contributed by atoms with van der Waals surface area (Å²) in [5.41, 5.74) is 1.00. The minimum atomic E-state index is -0.366. The average molecular weight is 245 g/mol. The SMILES string of the molecule is CCC(C)Nc1ccc([N+](=O)[O-])c2ccncc12. The highest BCUT2D eigenvalue weighted by Crippen LogP contribution is 2.31. The van der Waals surface area contributed by atoms with Crippen molar-refractivity contribution in [1.82, 2.24) is 4.98 Å². The number of nitrogens with zero attached hydrogens (tertiary/aromatic N) is 2. The Morgan fingerprint density at radius 1 is 1.39 bits per heavy atom. The number of pyridine rings is 1. The zero-order chi connectivity index (χ0) is 13.1. The molecule has 0 bridgehead atoms. The molecule has 1 heterocycles. The van der Waals surface area contributed by atoms with Crippen LogP contribution in [0.2, 0.25) is 0 Å². The Kier molecular flexibility index (Phi) is 3.41. The summed E-state index contributed by atoms with van der Waals surface area (Å²) in [7, 11) is 0. The molecule has 0 aliphatic heterocycles. The summed E-state index contributed by atoms with van der Waals surface area (Å²) in [5, 5.41) is 15.7. The molecule has 0 amide bonds. The van der Waals surface area contributed by atoms with Crippen molar-refractivity contribution in [3.63, 3.8) is 0 Å². The summed E-state index contributed by atoms with van der Waals surface area (Å²) < 4.78 is 0. The fourth-order valence-corrected chi connectivity index (χ4v) is 1.83. The van der Waals surface area contributed by atoms with E-state index in [1.165, 1.54) is 6.07 Å². The van der Waals surface area contributed by atoms with Gasteiger partial charge in [0.25, 0.3) is 5.69 Å². The molecular formula is C13H15N3O2. The van der Waals surface area contributed by atoms with Crippen molar-refractivity contribution in [3.8, 4) is 0 Å². The number of hydrogen-bond donors (Lipinski definition) is 1. The first kappa shape index (κ1) is 12.3. The standard InChI is InChI=1S/C13H15N3O2/c1-3-9(2)15-12-4-5-13(16(17)18)10-6-7-14-8-11(10)12/h4-9,15H,3H2,1-2H3. The molecule has 2 aromatic rings. The molecule has 0 spiro atoms. The highest BCUT2D eigenvalue weighted by atomic mass is 16.6. The maximum absolute atomic E-state index is 11.0. The Bertz CT molecular complexity index is 583. The lowest BCUT2D eigenvalue weighted by Gasteiger charge is -2.14. The molecule has 1 N–H and O–H groups in total. The van der Waals surface area contributed by atoms with Crippen LogP contribution in [0.1, 0.15) is 20.3 Å². The lowest BCUT2D eigenvalue weighted by atomic mass is 10.1. The van der Waals surface area contributed by atoms with E-state index in [-0.39, 0.29) is 10.6 Å². The number of nitro benzene ring substituents is 1. The second-order valence-electron chi connectivity index (χ2n) is 4.26. The van der Waals surface area contributed by atoms with Crippen LogP contribution in [0.4, 0.5) is 11.4 Å². The predicted molar refractivity (Wildman–Crippen MR) is 71.8 cm³/mol. The fourth-order valence-electron chi connectivity index (χ4n) is 1.83. The molecule has 1 atom stereocenters. The van der Waals surface area contributed by atoms with Crippen LogP contribution in [0.5, 0.6) is 0 Å². The van der Waals surface area contributed by atoms with Crippen LogP contribution in [-0.2, 0) is 0 Å². The highest BCUT2D eigenvalue weighted by molar-refractivity contribution is 5.99. The molecule has 2 rings (SSSR count). The van der Waals surface area contributed by atoms with Gasteiger partial charge in [0, 0.05) is 35.6 Å². The number of anilines is 1. The molecule has 94 valence electrons. The Balaban J connectivity index is 2.57. The van der Waals surface area contributed by atoms with Crippen LogP contribution in [0.25, 0.3) is 10.8 Å². The molecule has 1 aromatic carbocycles. The zero-order valence-electron chi connectivity index (χ0n) is 10.4. The van der Waals surface area contributed by atoms with Gasteiger partial charge in [-0.2, -0.15) is 0 Å². The van der Waals surface area contributed by atoms with Gasteiger partial charge < -0.3 is 5.32 Å². The van der Waals surface area contributed by atoms with Gasteiger partial charge in [-0.1, -0.05) is 6.92 Å². The highest BCUT2D eigenvalue weighted by Gasteiger charge is 2.14. The van der Waals surface area contributed by atoms with E-state index in [4.69, 9.17) is 0 Å². The van der Waals surface area contributed by atoms with Crippen molar-refractivity contribution < 1.29 is 4.92 Å². The zero-order valence-corrected chi connectivity index (χ0v) is 10.4. The van der Waals surface area contributed by atoms with Gasteiger partial charge in [-0.3, -0.25) is 15.1 Å². The summed E-state index contributed by atoms with van der Waals surface area (Å²) in [5.74, 6) is 0. The average Bonchev–Trinajstić information content (AvgIpc) is 2.38.